The number of furan rings is 1. The Labute approximate surface area is 157 Å². The number of amides is 1. The fourth-order valence-corrected chi connectivity index (χ4v) is 3.44. The molecule has 4 rings (SSSR count). The molecule has 1 aliphatic rings. The van der Waals surface area contributed by atoms with Gasteiger partial charge in [0, 0.05) is 17.4 Å². The molecule has 0 bridgehead atoms. The van der Waals surface area contributed by atoms with E-state index in [0.29, 0.717) is 10.8 Å². The van der Waals surface area contributed by atoms with Gasteiger partial charge in [-0.25, -0.2) is 0 Å². The third kappa shape index (κ3) is 2.70. The van der Waals surface area contributed by atoms with E-state index < -0.39 is 0 Å². The van der Waals surface area contributed by atoms with Crippen molar-refractivity contribution in [3.63, 3.8) is 0 Å². The maximum absolute atomic E-state index is 12.9. The Kier molecular flexibility index (Phi) is 4.09. The molecule has 2 aromatic carbocycles. The van der Waals surface area contributed by atoms with Crippen LogP contribution in [0.1, 0.15) is 23.8 Å². The molecule has 130 valence electrons. The summed E-state index contributed by atoms with van der Waals surface area (Å²) in [6, 6.07) is 15.6. The first-order valence-corrected chi connectivity index (χ1v) is 8.93. The third-order valence-corrected chi connectivity index (χ3v) is 4.78. The van der Waals surface area contributed by atoms with Gasteiger partial charge in [0.1, 0.15) is 17.0 Å². The van der Waals surface area contributed by atoms with Gasteiger partial charge in [-0.15, -0.1) is 0 Å². The van der Waals surface area contributed by atoms with Crippen LogP contribution >= 0.6 is 12.2 Å². The van der Waals surface area contributed by atoms with Gasteiger partial charge in [0.15, 0.2) is 5.11 Å². The number of para-hydroxylation sites is 1. The average molecular weight is 362 g/mol. The van der Waals surface area contributed by atoms with E-state index in [4.69, 9.17) is 16.6 Å². The SMILES string of the molecule is CCc1oc2ccccc2c1/C=C1\NC(=S)N(c2ccc(C)cc2)C1=O. The Bertz CT molecular complexity index is 1050. The first-order valence-electron chi connectivity index (χ1n) is 8.52. The molecule has 5 heteroatoms. The number of carbonyl (C=O) groups excluding carboxylic acids is 1. The first-order chi connectivity index (χ1) is 12.6. The number of anilines is 1. The summed E-state index contributed by atoms with van der Waals surface area (Å²) in [7, 11) is 0. The van der Waals surface area contributed by atoms with E-state index >= 15 is 0 Å². The van der Waals surface area contributed by atoms with E-state index in [2.05, 4.69) is 5.32 Å². The van der Waals surface area contributed by atoms with Crippen molar-refractivity contribution < 1.29 is 9.21 Å². The van der Waals surface area contributed by atoms with Crippen LogP contribution in [0.3, 0.4) is 0 Å². The van der Waals surface area contributed by atoms with Crippen LogP contribution in [0, 0.1) is 6.92 Å². The third-order valence-electron chi connectivity index (χ3n) is 4.49. The zero-order valence-electron chi connectivity index (χ0n) is 14.6. The second-order valence-electron chi connectivity index (χ2n) is 6.25. The molecule has 3 aromatic rings. The molecule has 0 spiro atoms. The van der Waals surface area contributed by atoms with Crippen molar-refractivity contribution in [2.45, 2.75) is 20.3 Å². The number of fused-ring (bicyclic) bond motifs is 1. The molecule has 2 heterocycles. The molecule has 1 aromatic heterocycles. The summed E-state index contributed by atoms with van der Waals surface area (Å²) in [4.78, 5) is 14.5. The van der Waals surface area contributed by atoms with Gasteiger partial charge < -0.3 is 9.73 Å². The van der Waals surface area contributed by atoms with Crippen molar-refractivity contribution in [2.75, 3.05) is 4.90 Å². The summed E-state index contributed by atoms with van der Waals surface area (Å²) < 4.78 is 5.92. The molecule has 1 N–H and O–H groups in total. The van der Waals surface area contributed by atoms with Gasteiger partial charge in [0.05, 0.1) is 5.69 Å². The van der Waals surface area contributed by atoms with Crippen LogP contribution in [-0.4, -0.2) is 11.0 Å². The number of rotatable bonds is 3. The second kappa shape index (κ2) is 6.42. The molecule has 0 aliphatic carbocycles. The number of hydrogen-bond acceptors (Lipinski definition) is 3. The van der Waals surface area contributed by atoms with Gasteiger partial charge in [0.2, 0.25) is 0 Å². The van der Waals surface area contributed by atoms with Crippen LogP contribution in [0.4, 0.5) is 5.69 Å². The molecule has 0 atom stereocenters. The summed E-state index contributed by atoms with van der Waals surface area (Å²) in [5, 5.41) is 4.43. The van der Waals surface area contributed by atoms with Crippen molar-refractivity contribution in [1.82, 2.24) is 5.32 Å². The fraction of sp³-hybridized carbons (Fsp3) is 0.143. The Morgan fingerprint density at radius 2 is 1.88 bits per heavy atom. The van der Waals surface area contributed by atoms with Crippen molar-refractivity contribution in [3.05, 3.63) is 71.1 Å². The molecule has 1 amide bonds. The molecule has 4 nitrogen and oxygen atoms in total. The normalized spacial score (nSPS) is 15.9. The van der Waals surface area contributed by atoms with Crippen LogP contribution in [0.25, 0.3) is 17.0 Å². The highest BCUT2D eigenvalue weighted by molar-refractivity contribution is 7.80. The summed E-state index contributed by atoms with van der Waals surface area (Å²) in [5.74, 6) is 0.694. The van der Waals surface area contributed by atoms with Gasteiger partial charge >= 0.3 is 0 Å². The van der Waals surface area contributed by atoms with Gasteiger partial charge in [-0.3, -0.25) is 9.69 Å². The van der Waals surface area contributed by atoms with Crippen LogP contribution in [0.2, 0.25) is 0 Å². The molecule has 1 aliphatic heterocycles. The van der Waals surface area contributed by atoms with E-state index in [1.54, 1.807) is 0 Å². The van der Waals surface area contributed by atoms with Crippen LogP contribution in [-0.2, 0) is 11.2 Å². The Balaban J connectivity index is 1.76. The van der Waals surface area contributed by atoms with E-state index in [9.17, 15) is 4.79 Å². The minimum Gasteiger partial charge on any atom is -0.460 e. The predicted octanol–water partition coefficient (Wildman–Crippen LogP) is 4.57. The molecule has 0 saturated carbocycles. The number of aryl methyl sites for hydroxylation is 2. The van der Waals surface area contributed by atoms with Gasteiger partial charge in [-0.1, -0.05) is 42.8 Å². The van der Waals surface area contributed by atoms with Gasteiger partial charge in [0.25, 0.3) is 5.91 Å². The van der Waals surface area contributed by atoms with Crippen molar-refractivity contribution >= 4 is 46.0 Å². The predicted molar refractivity (Wildman–Crippen MR) is 108 cm³/mol. The molecular formula is C21H18N2O2S. The highest BCUT2D eigenvalue weighted by atomic mass is 32.1. The zero-order valence-corrected chi connectivity index (χ0v) is 15.4. The highest BCUT2D eigenvalue weighted by Gasteiger charge is 2.32. The number of hydrogen-bond donors (Lipinski definition) is 1. The lowest BCUT2D eigenvalue weighted by Gasteiger charge is -2.13. The van der Waals surface area contributed by atoms with Gasteiger partial charge in [-0.2, -0.15) is 0 Å². The lowest BCUT2D eigenvalue weighted by molar-refractivity contribution is -0.113. The first kappa shape index (κ1) is 16.5. The minimum atomic E-state index is -0.161. The van der Waals surface area contributed by atoms with E-state index in [1.807, 2.05) is 68.5 Å². The Morgan fingerprint density at radius 1 is 1.15 bits per heavy atom. The standard InChI is InChI=1S/C21H18N2O2S/c1-3-18-16(15-6-4-5-7-19(15)25-18)12-17-20(24)23(21(26)22-17)14-10-8-13(2)9-11-14/h4-12H,3H2,1-2H3,(H,22,26)/b17-12-. The number of nitrogens with one attached hydrogen (secondary N) is 1. The van der Waals surface area contributed by atoms with Crippen molar-refractivity contribution in [2.24, 2.45) is 0 Å². The second-order valence-corrected chi connectivity index (χ2v) is 6.64. The Morgan fingerprint density at radius 3 is 2.62 bits per heavy atom. The molecule has 26 heavy (non-hydrogen) atoms. The number of benzene rings is 2. The summed E-state index contributed by atoms with van der Waals surface area (Å²) in [6.45, 7) is 4.04. The molecule has 0 radical (unpaired) electrons. The maximum Gasteiger partial charge on any atom is 0.281 e. The molecular weight excluding hydrogens is 344 g/mol. The van der Waals surface area contributed by atoms with E-state index in [-0.39, 0.29) is 5.91 Å². The topological polar surface area (TPSA) is 45.5 Å². The van der Waals surface area contributed by atoms with Crippen LogP contribution in [0.15, 0.2) is 58.6 Å². The molecule has 0 unspecified atom stereocenters. The lowest BCUT2D eigenvalue weighted by atomic mass is 10.1. The monoisotopic (exact) mass is 362 g/mol. The fourth-order valence-electron chi connectivity index (χ4n) is 3.14. The Hall–Kier alpha value is -2.92. The van der Waals surface area contributed by atoms with Crippen LogP contribution < -0.4 is 10.2 Å². The lowest BCUT2D eigenvalue weighted by Crippen LogP contribution is -2.30. The number of thiocarbonyl (C=S) groups is 1. The average Bonchev–Trinajstić information content (AvgIpc) is 3.14. The minimum absolute atomic E-state index is 0.161. The maximum atomic E-state index is 12.9. The molecule has 1 saturated heterocycles. The van der Waals surface area contributed by atoms with E-state index in [1.165, 1.54) is 4.90 Å². The van der Waals surface area contributed by atoms with E-state index in [0.717, 1.165) is 40.0 Å². The van der Waals surface area contributed by atoms with Crippen LogP contribution in [0.5, 0.6) is 0 Å². The summed E-state index contributed by atoms with van der Waals surface area (Å²) in [6.07, 6.45) is 2.58. The summed E-state index contributed by atoms with van der Waals surface area (Å²) >= 11 is 5.39. The largest absolute Gasteiger partial charge is 0.460 e. The number of nitrogens with zero attached hydrogens (tertiary/aromatic N) is 1. The summed E-state index contributed by atoms with van der Waals surface area (Å²) in [5.41, 5.74) is 4.09. The quantitative estimate of drug-likeness (QED) is 0.548. The van der Waals surface area contributed by atoms with Gasteiger partial charge in [-0.05, 0) is 43.4 Å². The smallest absolute Gasteiger partial charge is 0.281 e. The number of carbonyl (C=O) groups is 1. The zero-order chi connectivity index (χ0) is 18.3. The molecule has 1 fully saturated rings. The van der Waals surface area contributed by atoms with Crippen molar-refractivity contribution in [1.29, 1.82) is 0 Å². The van der Waals surface area contributed by atoms with Crippen molar-refractivity contribution in [3.8, 4) is 0 Å². The highest BCUT2D eigenvalue weighted by Crippen LogP contribution is 2.30.